The molecule has 4 nitrogen and oxygen atoms in total. The predicted octanol–water partition coefficient (Wildman–Crippen LogP) is 4.41. The van der Waals surface area contributed by atoms with Crippen LogP contribution in [0.4, 0.5) is 5.69 Å². The molecule has 1 aromatic carbocycles. The van der Waals surface area contributed by atoms with E-state index < -0.39 is 0 Å². The van der Waals surface area contributed by atoms with E-state index in [-0.39, 0.29) is 5.91 Å². The molecular formula is C15H12BrN3OS2. The zero-order valence-corrected chi connectivity index (χ0v) is 15.1. The molecule has 1 aromatic heterocycles. The van der Waals surface area contributed by atoms with Crippen LogP contribution in [0.3, 0.4) is 0 Å². The normalized spacial score (nSPS) is 18.2. The highest BCUT2D eigenvalue weighted by Gasteiger charge is 2.24. The molecule has 0 radical (unpaired) electrons. The van der Waals surface area contributed by atoms with Crippen LogP contribution in [0, 0.1) is 13.8 Å². The van der Waals surface area contributed by atoms with Gasteiger partial charge in [0.25, 0.3) is 5.91 Å². The summed E-state index contributed by atoms with van der Waals surface area (Å²) in [6, 6.07) is 6.05. The van der Waals surface area contributed by atoms with E-state index in [9.17, 15) is 4.79 Å². The Balaban J connectivity index is 1.85. The number of hydrogen-bond donors (Lipinski definition) is 1. The Hall–Kier alpha value is -1.44. The SMILES string of the molecule is Cc1ccc(/N=C2/NC(=O)/C(=C/c3cnc(Br)s3)S2)c(C)c1. The fourth-order valence-corrected chi connectivity index (χ4v) is 4.13. The molecule has 2 heterocycles. The van der Waals surface area contributed by atoms with Crippen molar-refractivity contribution in [2.75, 3.05) is 0 Å². The molecule has 1 saturated heterocycles. The Labute approximate surface area is 144 Å². The minimum atomic E-state index is -0.127. The molecule has 7 heteroatoms. The maximum Gasteiger partial charge on any atom is 0.264 e. The van der Waals surface area contributed by atoms with Crippen molar-refractivity contribution in [1.29, 1.82) is 0 Å². The summed E-state index contributed by atoms with van der Waals surface area (Å²) >= 11 is 6.14. The third kappa shape index (κ3) is 3.48. The molecule has 112 valence electrons. The third-order valence-corrected chi connectivity index (χ3v) is 5.33. The molecule has 1 amide bonds. The van der Waals surface area contributed by atoms with Gasteiger partial charge >= 0.3 is 0 Å². The molecule has 1 fully saturated rings. The number of thioether (sulfide) groups is 1. The number of hydrogen-bond acceptors (Lipinski definition) is 5. The van der Waals surface area contributed by atoms with Gasteiger partial charge in [0.1, 0.15) is 0 Å². The smallest absolute Gasteiger partial charge is 0.264 e. The lowest BCUT2D eigenvalue weighted by Gasteiger charge is -2.02. The van der Waals surface area contributed by atoms with Gasteiger partial charge in [-0.2, -0.15) is 0 Å². The van der Waals surface area contributed by atoms with Gasteiger partial charge in [-0.25, -0.2) is 9.98 Å². The van der Waals surface area contributed by atoms with Crippen molar-refractivity contribution < 1.29 is 4.79 Å². The van der Waals surface area contributed by atoms with E-state index in [1.54, 1.807) is 6.20 Å². The van der Waals surface area contributed by atoms with Gasteiger partial charge in [-0.15, -0.1) is 11.3 Å². The van der Waals surface area contributed by atoms with E-state index in [0.717, 1.165) is 20.0 Å². The molecule has 1 aliphatic rings. The quantitative estimate of drug-likeness (QED) is 0.768. The number of amidine groups is 1. The van der Waals surface area contributed by atoms with Crippen LogP contribution in [0.25, 0.3) is 6.08 Å². The third-order valence-electron chi connectivity index (χ3n) is 2.99. The van der Waals surface area contributed by atoms with E-state index in [1.165, 1.54) is 28.7 Å². The molecule has 0 aliphatic carbocycles. The fourth-order valence-electron chi connectivity index (χ4n) is 1.98. The Kier molecular flexibility index (Phi) is 4.46. The fraction of sp³-hybridized carbons (Fsp3) is 0.133. The molecule has 3 rings (SSSR count). The highest BCUT2D eigenvalue weighted by molar-refractivity contribution is 9.11. The van der Waals surface area contributed by atoms with Gasteiger partial charge < -0.3 is 5.32 Å². The first-order valence-corrected chi connectivity index (χ1v) is 8.92. The van der Waals surface area contributed by atoms with Crippen LogP contribution >= 0.6 is 39.0 Å². The standard InChI is InChI=1S/C15H12BrN3OS2/c1-8-3-4-11(9(2)5-8)18-15-19-13(20)12(22-15)6-10-7-17-14(16)21-10/h3-7H,1-2H3,(H,18,19,20)/b12-6-. The lowest BCUT2D eigenvalue weighted by molar-refractivity contribution is -0.115. The van der Waals surface area contributed by atoms with Crippen LogP contribution in [0.5, 0.6) is 0 Å². The number of benzene rings is 1. The number of amides is 1. The summed E-state index contributed by atoms with van der Waals surface area (Å²) in [6.45, 7) is 4.06. The summed E-state index contributed by atoms with van der Waals surface area (Å²) < 4.78 is 0.798. The van der Waals surface area contributed by atoms with Crippen LogP contribution in [0.2, 0.25) is 0 Å². The molecule has 22 heavy (non-hydrogen) atoms. The number of aliphatic imine (C=N–C) groups is 1. The molecule has 0 unspecified atom stereocenters. The number of carbonyl (C=O) groups excluding carboxylic acids is 1. The Morgan fingerprint density at radius 3 is 2.86 bits per heavy atom. The van der Waals surface area contributed by atoms with Gasteiger partial charge in [0.05, 0.1) is 10.6 Å². The maximum atomic E-state index is 12.0. The van der Waals surface area contributed by atoms with Crippen LogP contribution in [-0.2, 0) is 4.79 Å². The first-order valence-electron chi connectivity index (χ1n) is 6.49. The molecule has 1 N–H and O–H groups in total. The van der Waals surface area contributed by atoms with Crippen LogP contribution in [0.15, 0.2) is 38.2 Å². The highest BCUT2D eigenvalue weighted by Crippen LogP contribution is 2.31. The van der Waals surface area contributed by atoms with E-state index in [0.29, 0.717) is 10.1 Å². The van der Waals surface area contributed by atoms with E-state index in [1.807, 2.05) is 32.1 Å². The number of aromatic nitrogens is 1. The number of nitrogens with one attached hydrogen (secondary N) is 1. The average Bonchev–Trinajstić information content (AvgIpc) is 3.00. The minimum absolute atomic E-state index is 0.127. The monoisotopic (exact) mass is 393 g/mol. The first-order chi connectivity index (χ1) is 10.5. The summed E-state index contributed by atoms with van der Waals surface area (Å²) in [5, 5.41) is 3.40. The maximum absolute atomic E-state index is 12.0. The molecule has 1 aliphatic heterocycles. The minimum Gasteiger partial charge on any atom is -0.300 e. The molecule has 0 saturated carbocycles. The van der Waals surface area contributed by atoms with Crippen molar-refractivity contribution in [2.24, 2.45) is 4.99 Å². The van der Waals surface area contributed by atoms with Gasteiger partial charge in [0.15, 0.2) is 9.08 Å². The van der Waals surface area contributed by atoms with Crippen molar-refractivity contribution in [3.63, 3.8) is 0 Å². The second-order valence-electron chi connectivity index (χ2n) is 4.79. The zero-order valence-electron chi connectivity index (χ0n) is 11.9. The van der Waals surface area contributed by atoms with Crippen molar-refractivity contribution in [3.8, 4) is 0 Å². The summed E-state index contributed by atoms with van der Waals surface area (Å²) in [5.74, 6) is -0.127. The summed E-state index contributed by atoms with van der Waals surface area (Å²) in [4.78, 5) is 22.2. The average molecular weight is 394 g/mol. The van der Waals surface area contributed by atoms with Crippen LogP contribution in [0.1, 0.15) is 16.0 Å². The van der Waals surface area contributed by atoms with Crippen LogP contribution in [-0.4, -0.2) is 16.1 Å². The van der Waals surface area contributed by atoms with Gasteiger partial charge in [-0.3, -0.25) is 4.79 Å². The van der Waals surface area contributed by atoms with E-state index in [2.05, 4.69) is 37.3 Å². The second-order valence-corrected chi connectivity index (χ2v) is 8.16. The second kappa shape index (κ2) is 6.36. The number of carbonyl (C=O) groups is 1. The van der Waals surface area contributed by atoms with Crippen LogP contribution < -0.4 is 5.32 Å². The Morgan fingerprint density at radius 2 is 2.18 bits per heavy atom. The number of thiazole rings is 1. The van der Waals surface area contributed by atoms with Crippen molar-refractivity contribution in [1.82, 2.24) is 10.3 Å². The van der Waals surface area contributed by atoms with Gasteiger partial charge in [-0.05, 0) is 59.2 Å². The number of rotatable bonds is 2. The number of nitrogens with zero attached hydrogens (tertiary/aromatic N) is 2. The largest absolute Gasteiger partial charge is 0.300 e. The van der Waals surface area contributed by atoms with E-state index in [4.69, 9.17) is 0 Å². The van der Waals surface area contributed by atoms with Gasteiger partial charge in [0.2, 0.25) is 0 Å². The van der Waals surface area contributed by atoms with Crippen molar-refractivity contribution in [2.45, 2.75) is 13.8 Å². The van der Waals surface area contributed by atoms with Crippen molar-refractivity contribution in [3.05, 3.63) is 49.2 Å². The lowest BCUT2D eigenvalue weighted by Crippen LogP contribution is -2.19. The zero-order chi connectivity index (χ0) is 15.7. The Bertz CT molecular complexity index is 811. The molecular weight excluding hydrogens is 382 g/mol. The Morgan fingerprint density at radius 1 is 1.36 bits per heavy atom. The summed E-state index contributed by atoms with van der Waals surface area (Å²) in [6.07, 6.45) is 3.56. The first kappa shape index (κ1) is 15.5. The number of aryl methyl sites for hydroxylation is 2. The molecule has 2 aromatic rings. The van der Waals surface area contributed by atoms with Gasteiger partial charge in [-0.1, -0.05) is 17.7 Å². The van der Waals surface area contributed by atoms with Gasteiger partial charge in [0, 0.05) is 11.1 Å². The highest BCUT2D eigenvalue weighted by atomic mass is 79.9. The van der Waals surface area contributed by atoms with E-state index >= 15 is 0 Å². The topological polar surface area (TPSA) is 54.4 Å². The lowest BCUT2D eigenvalue weighted by atomic mass is 10.1. The molecule has 0 spiro atoms. The van der Waals surface area contributed by atoms with Crippen molar-refractivity contribution >= 4 is 61.9 Å². The summed E-state index contributed by atoms with van der Waals surface area (Å²) in [5.41, 5.74) is 3.15. The number of halogens is 1. The molecule has 0 atom stereocenters. The predicted molar refractivity (Wildman–Crippen MR) is 96.5 cm³/mol. The summed E-state index contributed by atoms with van der Waals surface area (Å²) in [7, 11) is 0. The molecule has 0 bridgehead atoms.